The number of rotatable bonds is 5. The van der Waals surface area contributed by atoms with Crippen LogP contribution >= 0.6 is 0 Å². The summed E-state index contributed by atoms with van der Waals surface area (Å²) in [7, 11) is 3.76. The van der Waals surface area contributed by atoms with E-state index in [4.69, 9.17) is 4.42 Å². The number of anilines is 1. The molecule has 1 aromatic carbocycles. The number of likely N-dealkylation sites (N-methyl/N-ethyl adjacent to an activating group) is 1. The van der Waals surface area contributed by atoms with Crippen LogP contribution in [0.15, 0.2) is 53.1 Å². The highest BCUT2D eigenvalue weighted by Crippen LogP contribution is 2.23. The van der Waals surface area contributed by atoms with Gasteiger partial charge in [-0.05, 0) is 45.3 Å². The summed E-state index contributed by atoms with van der Waals surface area (Å²) in [6.07, 6.45) is 1.58. The topological polar surface area (TPSA) is 87.5 Å². The molecule has 27 heavy (non-hydrogen) atoms. The molecule has 2 N–H and O–H groups in total. The van der Waals surface area contributed by atoms with Crippen molar-refractivity contribution in [3.8, 4) is 0 Å². The maximum Gasteiger partial charge on any atom is 0.313 e. The smallest absolute Gasteiger partial charge is 0.313 e. The molecule has 0 radical (unpaired) electrons. The lowest BCUT2D eigenvalue weighted by molar-refractivity contribution is -0.136. The van der Waals surface area contributed by atoms with Crippen molar-refractivity contribution in [2.24, 2.45) is 0 Å². The molecule has 0 aliphatic carbocycles. The Labute approximate surface area is 157 Å². The normalized spacial score (nSPS) is 12.1. The molecular formula is C20H22N4O3. The lowest BCUT2D eigenvalue weighted by Crippen LogP contribution is -2.40. The third-order valence-corrected chi connectivity index (χ3v) is 4.25. The number of aryl methyl sites for hydroxylation is 1. The van der Waals surface area contributed by atoms with Crippen molar-refractivity contribution < 1.29 is 14.0 Å². The maximum absolute atomic E-state index is 12.4. The predicted octanol–water partition coefficient (Wildman–Crippen LogP) is 2.49. The number of carbonyl (C=O) groups excluding carboxylic acids is 2. The van der Waals surface area contributed by atoms with Crippen LogP contribution in [0, 0.1) is 6.92 Å². The van der Waals surface area contributed by atoms with Crippen molar-refractivity contribution in [2.45, 2.75) is 13.0 Å². The van der Waals surface area contributed by atoms with Crippen LogP contribution in [0.3, 0.4) is 0 Å². The van der Waals surface area contributed by atoms with Crippen molar-refractivity contribution in [3.05, 3.63) is 60.2 Å². The lowest BCUT2D eigenvalue weighted by Gasteiger charge is -2.22. The third-order valence-electron chi connectivity index (χ3n) is 4.25. The summed E-state index contributed by atoms with van der Waals surface area (Å²) in [6.45, 7) is 2.09. The Hall–Kier alpha value is -3.19. The number of carbonyl (C=O) groups is 2. The first-order chi connectivity index (χ1) is 13.0. The number of aromatic nitrogens is 1. The second-order valence-corrected chi connectivity index (χ2v) is 6.49. The van der Waals surface area contributed by atoms with Gasteiger partial charge in [0.2, 0.25) is 0 Å². The van der Waals surface area contributed by atoms with Gasteiger partial charge in [-0.25, -0.2) is 0 Å². The van der Waals surface area contributed by atoms with E-state index < -0.39 is 11.8 Å². The molecule has 140 valence electrons. The highest BCUT2D eigenvalue weighted by Gasteiger charge is 2.21. The molecule has 2 heterocycles. The number of furan rings is 1. The second kappa shape index (κ2) is 8.01. The quantitative estimate of drug-likeness (QED) is 0.678. The van der Waals surface area contributed by atoms with E-state index >= 15 is 0 Å². The van der Waals surface area contributed by atoms with Crippen molar-refractivity contribution in [1.29, 1.82) is 0 Å². The van der Waals surface area contributed by atoms with Gasteiger partial charge < -0.3 is 15.1 Å². The molecule has 1 unspecified atom stereocenters. The summed E-state index contributed by atoms with van der Waals surface area (Å²) in [5.41, 5.74) is 2.09. The van der Waals surface area contributed by atoms with Crippen LogP contribution in [0.25, 0.3) is 10.9 Å². The van der Waals surface area contributed by atoms with E-state index in [9.17, 15) is 9.59 Å². The van der Waals surface area contributed by atoms with E-state index in [-0.39, 0.29) is 12.6 Å². The molecule has 0 saturated carbocycles. The Morgan fingerprint density at radius 1 is 1.15 bits per heavy atom. The number of hydrogen-bond acceptors (Lipinski definition) is 5. The number of para-hydroxylation sites is 1. The molecule has 3 rings (SSSR count). The molecule has 0 aliphatic heterocycles. The van der Waals surface area contributed by atoms with Crippen molar-refractivity contribution >= 4 is 28.4 Å². The average Bonchev–Trinajstić information content (AvgIpc) is 3.15. The predicted molar refractivity (Wildman–Crippen MR) is 103 cm³/mol. The van der Waals surface area contributed by atoms with Gasteiger partial charge in [0, 0.05) is 17.6 Å². The molecule has 7 nitrogen and oxygen atoms in total. The summed E-state index contributed by atoms with van der Waals surface area (Å²) in [5.74, 6) is -0.703. The van der Waals surface area contributed by atoms with Crippen LogP contribution in [0.2, 0.25) is 0 Å². The van der Waals surface area contributed by atoms with Gasteiger partial charge in [-0.2, -0.15) is 0 Å². The van der Waals surface area contributed by atoms with E-state index in [1.165, 1.54) is 0 Å². The molecule has 2 amide bonds. The molecule has 0 aliphatic rings. The number of fused-ring (bicyclic) bond motifs is 1. The Balaban J connectivity index is 1.69. The van der Waals surface area contributed by atoms with Crippen LogP contribution in [-0.4, -0.2) is 42.3 Å². The first-order valence-electron chi connectivity index (χ1n) is 8.61. The van der Waals surface area contributed by atoms with Gasteiger partial charge in [0.25, 0.3) is 0 Å². The molecule has 0 bridgehead atoms. The number of hydrogen-bond donors (Lipinski definition) is 2. The van der Waals surface area contributed by atoms with Gasteiger partial charge >= 0.3 is 11.8 Å². The Morgan fingerprint density at radius 3 is 2.63 bits per heavy atom. The van der Waals surface area contributed by atoms with Gasteiger partial charge in [0.15, 0.2) is 0 Å². The second-order valence-electron chi connectivity index (χ2n) is 6.49. The summed E-state index contributed by atoms with van der Waals surface area (Å²) in [5, 5.41) is 6.14. The van der Waals surface area contributed by atoms with Crippen LogP contribution in [-0.2, 0) is 9.59 Å². The minimum atomic E-state index is -0.720. The zero-order valence-electron chi connectivity index (χ0n) is 15.5. The summed E-state index contributed by atoms with van der Waals surface area (Å²) < 4.78 is 5.41. The van der Waals surface area contributed by atoms with Gasteiger partial charge in [0.1, 0.15) is 5.76 Å². The highest BCUT2D eigenvalue weighted by atomic mass is 16.3. The molecule has 2 aromatic heterocycles. The monoisotopic (exact) mass is 366 g/mol. The molecule has 3 aromatic rings. The minimum absolute atomic E-state index is 0.166. The Morgan fingerprint density at radius 2 is 1.93 bits per heavy atom. The average molecular weight is 366 g/mol. The number of nitrogens with zero attached hydrogens (tertiary/aromatic N) is 2. The largest absolute Gasteiger partial charge is 0.468 e. The van der Waals surface area contributed by atoms with E-state index in [1.54, 1.807) is 18.4 Å². The lowest BCUT2D eigenvalue weighted by atomic mass is 10.1. The fraction of sp³-hybridized carbons (Fsp3) is 0.250. The van der Waals surface area contributed by atoms with Crippen LogP contribution in [0.4, 0.5) is 5.69 Å². The van der Waals surface area contributed by atoms with Gasteiger partial charge in [-0.3, -0.25) is 19.5 Å². The van der Waals surface area contributed by atoms with Gasteiger partial charge in [-0.15, -0.1) is 0 Å². The molecule has 1 atom stereocenters. The fourth-order valence-electron chi connectivity index (χ4n) is 2.88. The zero-order valence-corrected chi connectivity index (χ0v) is 15.5. The Bertz CT molecular complexity index is 951. The van der Waals surface area contributed by atoms with Crippen molar-refractivity contribution in [2.75, 3.05) is 26.0 Å². The zero-order chi connectivity index (χ0) is 19.4. The maximum atomic E-state index is 12.4. The van der Waals surface area contributed by atoms with Crippen LogP contribution < -0.4 is 10.6 Å². The first-order valence-corrected chi connectivity index (χ1v) is 8.61. The van der Waals surface area contributed by atoms with Crippen LogP contribution in [0.5, 0.6) is 0 Å². The molecule has 0 saturated heterocycles. The Kier molecular flexibility index (Phi) is 5.52. The summed E-state index contributed by atoms with van der Waals surface area (Å²) in [6, 6.07) is 12.7. The number of nitrogens with one attached hydrogen (secondary N) is 2. The number of amides is 2. The van der Waals surface area contributed by atoms with E-state index in [2.05, 4.69) is 15.6 Å². The van der Waals surface area contributed by atoms with Crippen molar-refractivity contribution in [1.82, 2.24) is 15.2 Å². The van der Waals surface area contributed by atoms with E-state index in [0.717, 1.165) is 22.4 Å². The van der Waals surface area contributed by atoms with Gasteiger partial charge in [0.05, 0.1) is 23.5 Å². The number of pyridine rings is 1. The molecule has 0 spiro atoms. The highest BCUT2D eigenvalue weighted by molar-refractivity contribution is 6.40. The SMILES string of the molecule is Cc1cc(NC(=O)C(=O)NCC(c2ccco2)N(C)C)c2ccccc2n1. The summed E-state index contributed by atoms with van der Waals surface area (Å²) in [4.78, 5) is 31.0. The third kappa shape index (κ3) is 4.32. The standard InChI is InChI=1S/C20H22N4O3/c1-13-11-16(14-7-4-5-8-15(14)22-13)23-20(26)19(25)21-12-17(24(2)3)18-9-6-10-27-18/h4-11,17H,12H2,1-3H3,(H,21,25)(H,22,23,26). The molecular weight excluding hydrogens is 344 g/mol. The van der Waals surface area contributed by atoms with Crippen LogP contribution in [0.1, 0.15) is 17.5 Å². The van der Waals surface area contributed by atoms with Gasteiger partial charge in [-0.1, -0.05) is 18.2 Å². The van der Waals surface area contributed by atoms with Crippen molar-refractivity contribution in [3.63, 3.8) is 0 Å². The number of benzene rings is 1. The molecule has 0 fully saturated rings. The fourth-order valence-corrected chi connectivity index (χ4v) is 2.88. The van der Waals surface area contributed by atoms with E-state index in [0.29, 0.717) is 5.69 Å². The summed E-state index contributed by atoms with van der Waals surface area (Å²) >= 11 is 0. The first kappa shape index (κ1) is 18.6. The van der Waals surface area contributed by atoms with E-state index in [1.807, 2.05) is 56.3 Å². The molecule has 7 heteroatoms. The minimum Gasteiger partial charge on any atom is -0.468 e.